The van der Waals surface area contributed by atoms with E-state index in [-0.39, 0.29) is 0 Å². The van der Waals surface area contributed by atoms with Gasteiger partial charge in [0.15, 0.2) is 0 Å². The fourth-order valence-corrected chi connectivity index (χ4v) is 3.83. The normalized spacial score (nSPS) is 14.3. The Balaban J connectivity index is 1.25. The van der Waals surface area contributed by atoms with Crippen LogP contribution in [0.3, 0.4) is 0 Å². The minimum atomic E-state index is 0.631. The Bertz CT molecular complexity index is 1100. The predicted molar refractivity (Wildman–Crippen MR) is 109 cm³/mol. The van der Waals surface area contributed by atoms with Crippen LogP contribution in [-0.4, -0.2) is 35.8 Å². The van der Waals surface area contributed by atoms with Gasteiger partial charge in [-0.05, 0) is 35.2 Å². The molecule has 142 valence electrons. The number of nitrogens with one attached hydrogen (secondary N) is 1. The van der Waals surface area contributed by atoms with Gasteiger partial charge in [-0.25, -0.2) is 9.97 Å². The van der Waals surface area contributed by atoms with Gasteiger partial charge in [-0.3, -0.25) is 9.58 Å². The van der Waals surface area contributed by atoms with E-state index in [0.717, 1.165) is 31.9 Å². The lowest BCUT2D eigenvalue weighted by atomic mass is 10.1. The Labute approximate surface area is 163 Å². The van der Waals surface area contributed by atoms with E-state index in [1.807, 2.05) is 6.07 Å². The van der Waals surface area contributed by atoms with Gasteiger partial charge in [-0.15, -0.1) is 0 Å². The van der Waals surface area contributed by atoms with Crippen molar-refractivity contribution in [2.24, 2.45) is 7.05 Å². The van der Waals surface area contributed by atoms with Crippen LogP contribution in [0.25, 0.3) is 10.9 Å². The molecule has 0 unspecified atom stereocenters. The average molecular weight is 373 g/mol. The Morgan fingerprint density at radius 2 is 1.96 bits per heavy atom. The van der Waals surface area contributed by atoms with Crippen LogP contribution in [0.5, 0.6) is 0 Å². The highest BCUT2D eigenvalue weighted by molar-refractivity contribution is 5.80. The van der Waals surface area contributed by atoms with Crippen LogP contribution in [0.4, 0.5) is 5.95 Å². The second-order valence-electron chi connectivity index (χ2n) is 7.31. The fraction of sp³-hybridized carbons (Fsp3) is 0.286. The van der Waals surface area contributed by atoms with E-state index in [0.29, 0.717) is 12.5 Å². The molecule has 1 aromatic carbocycles. The summed E-state index contributed by atoms with van der Waals surface area (Å²) >= 11 is 0. The first-order valence-corrected chi connectivity index (χ1v) is 9.57. The second kappa shape index (κ2) is 7.09. The van der Waals surface area contributed by atoms with E-state index in [9.17, 15) is 0 Å². The molecular weight excluding hydrogens is 350 g/mol. The van der Waals surface area contributed by atoms with Crippen molar-refractivity contribution in [3.63, 3.8) is 0 Å². The molecule has 28 heavy (non-hydrogen) atoms. The minimum Gasteiger partial charge on any atom is -0.351 e. The summed E-state index contributed by atoms with van der Waals surface area (Å²) in [6.45, 7) is 4.43. The number of anilines is 1. The highest BCUT2D eigenvalue weighted by Crippen LogP contribution is 2.20. The van der Waals surface area contributed by atoms with Crippen molar-refractivity contribution in [2.45, 2.75) is 26.2 Å². The molecule has 0 saturated heterocycles. The van der Waals surface area contributed by atoms with Crippen molar-refractivity contribution in [3.05, 3.63) is 71.9 Å². The molecule has 4 aromatic rings. The molecule has 5 rings (SSSR count). The monoisotopic (exact) mass is 373 g/mol. The molecule has 0 bridgehead atoms. The number of fused-ring (bicyclic) bond motifs is 2. The van der Waals surface area contributed by atoms with Crippen molar-refractivity contribution >= 4 is 16.9 Å². The van der Waals surface area contributed by atoms with Gasteiger partial charge in [0.05, 0.1) is 24.5 Å². The highest BCUT2D eigenvalue weighted by Gasteiger charge is 2.18. The zero-order chi connectivity index (χ0) is 18.9. The van der Waals surface area contributed by atoms with E-state index in [4.69, 9.17) is 5.10 Å². The lowest BCUT2D eigenvalue weighted by molar-refractivity contribution is 0.205. The van der Waals surface area contributed by atoms with Crippen LogP contribution in [-0.2, 0) is 33.2 Å². The maximum atomic E-state index is 4.72. The Morgan fingerprint density at radius 3 is 2.86 bits per heavy atom. The van der Waals surface area contributed by atoms with Gasteiger partial charge in [0, 0.05) is 50.8 Å². The van der Waals surface area contributed by atoms with Crippen LogP contribution in [0.15, 0.2) is 55.0 Å². The zero-order valence-corrected chi connectivity index (χ0v) is 15.9. The van der Waals surface area contributed by atoms with Crippen molar-refractivity contribution in [1.82, 2.24) is 29.2 Å². The van der Waals surface area contributed by atoms with E-state index in [2.05, 4.69) is 73.0 Å². The van der Waals surface area contributed by atoms with Crippen molar-refractivity contribution in [1.29, 1.82) is 0 Å². The SMILES string of the molecule is Cn1ccc2ccc(CN3CCn4nc(CNc5ncccn5)cc4C3)cc21. The predicted octanol–water partition coefficient (Wildman–Crippen LogP) is 2.79. The van der Waals surface area contributed by atoms with E-state index < -0.39 is 0 Å². The summed E-state index contributed by atoms with van der Waals surface area (Å²) < 4.78 is 4.31. The highest BCUT2D eigenvalue weighted by atomic mass is 15.3. The smallest absolute Gasteiger partial charge is 0.222 e. The quantitative estimate of drug-likeness (QED) is 0.583. The van der Waals surface area contributed by atoms with Crippen LogP contribution >= 0.6 is 0 Å². The third-order valence-electron chi connectivity index (χ3n) is 5.28. The molecule has 0 aliphatic carbocycles. The lowest BCUT2D eigenvalue weighted by Gasteiger charge is -2.27. The third-order valence-corrected chi connectivity index (χ3v) is 5.28. The van der Waals surface area contributed by atoms with Crippen molar-refractivity contribution in [3.8, 4) is 0 Å². The largest absolute Gasteiger partial charge is 0.351 e. The molecule has 0 spiro atoms. The van der Waals surface area contributed by atoms with Crippen molar-refractivity contribution < 1.29 is 0 Å². The number of nitrogens with zero attached hydrogens (tertiary/aromatic N) is 6. The van der Waals surface area contributed by atoms with Gasteiger partial charge in [0.25, 0.3) is 0 Å². The number of benzene rings is 1. The molecule has 7 heteroatoms. The molecule has 0 saturated carbocycles. The summed E-state index contributed by atoms with van der Waals surface area (Å²) in [5.41, 5.74) is 4.92. The van der Waals surface area contributed by atoms with Crippen molar-refractivity contribution in [2.75, 3.05) is 11.9 Å². The number of hydrogen-bond acceptors (Lipinski definition) is 5. The molecule has 0 radical (unpaired) electrons. The standard InChI is InChI=1S/C21H23N7/c1-26-8-5-17-4-3-16(11-20(17)26)14-27-9-10-28-19(15-27)12-18(25-28)13-24-21-22-6-2-7-23-21/h2-8,11-12H,9-10,13-15H2,1H3,(H,22,23,24). The minimum absolute atomic E-state index is 0.631. The van der Waals surface area contributed by atoms with Gasteiger partial charge in [0.2, 0.25) is 5.95 Å². The fourth-order valence-electron chi connectivity index (χ4n) is 3.83. The summed E-state index contributed by atoms with van der Waals surface area (Å²) in [7, 11) is 2.10. The summed E-state index contributed by atoms with van der Waals surface area (Å²) in [6.07, 6.45) is 5.58. The number of hydrogen-bond donors (Lipinski definition) is 1. The third kappa shape index (κ3) is 3.36. The van der Waals surface area contributed by atoms with Gasteiger partial charge in [0.1, 0.15) is 0 Å². The Morgan fingerprint density at radius 1 is 1.07 bits per heavy atom. The average Bonchev–Trinajstić information content (AvgIpc) is 3.30. The van der Waals surface area contributed by atoms with Gasteiger partial charge >= 0.3 is 0 Å². The van der Waals surface area contributed by atoms with Gasteiger partial charge in [-0.1, -0.05) is 12.1 Å². The summed E-state index contributed by atoms with van der Waals surface area (Å²) in [6, 6.07) is 12.9. The molecule has 1 aliphatic rings. The number of aryl methyl sites for hydroxylation is 1. The first-order chi connectivity index (χ1) is 13.7. The maximum absolute atomic E-state index is 4.72. The van der Waals surface area contributed by atoms with Gasteiger partial charge in [-0.2, -0.15) is 5.10 Å². The molecule has 1 N–H and O–H groups in total. The topological polar surface area (TPSA) is 63.8 Å². The summed E-state index contributed by atoms with van der Waals surface area (Å²) in [5.74, 6) is 0.631. The molecule has 0 fully saturated rings. The van der Waals surface area contributed by atoms with Crippen LogP contribution in [0, 0.1) is 0 Å². The van der Waals surface area contributed by atoms with E-state index in [1.165, 1.54) is 22.2 Å². The lowest BCUT2D eigenvalue weighted by Crippen LogP contribution is -2.33. The first-order valence-electron chi connectivity index (χ1n) is 9.57. The van der Waals surface area contributed by atoms with E-state index >= 15 is 0 Å². The summed E-state index contributed by atoms with van der Waals surface area (Å²) in [5, 5.41) is 9.24. The van der Waals surface area contributed by atoms with Gasteiger partial charge < -0.3 is 9.88 Å². The molecule has 0 atom stereocenters. The molecule has 7 nitrogen and oxygen atoms in total. The van der Waals surface area contributed by atoms with Crippen LogP contribution in [0.2, 0.25) is 0 Å². The zero-order valence-electron chi connectivity index (χ0n) is 15.9. The number of aromatic nitrogens is 5. The van der Waals surface area contributed by atoms with E-state index in [1.54, 1.807) is 12.4 Å². The molecular formula is C21H23N7. The molecule has 3 aromatic heterocycles. The molecule has 0 amide bonds. The summed E-state index contributed by atoms with van der Waals surface area (Å²) in [4.78, 5) is 10.9. The number of rotatable bonds is 5. The maximum Gasteiger partial charge on any atom is 0.222 e. The van der Waals surface area contributed by atoms with Crippen LogP contribution in [0.1, 0.15) is 17.0 Å². The van der Waals surface area contributed by atoms with Crippen LogP contribution < -0.4 is 5.32 Å². The Kier molecular flexibility index (Phi) is 4.29. The Hall–Kier alpha value is -3.19. The first kappa shape index (κ1) is 16.9. The second-order valence-corrected chi connectivity index (χ2v) is 7.31. The molecule has 1 aliphatic heterocycles. The molecule has 4 heterocycles.